The highest BCUT2D eigenvalue weighted by atomic mass is 32.2. The minimum absolute atomic E-state index is 0.00271. The molecule has 1 N–H and O–H groups in total. The van der Waals surface area contributed by atoms with Gasteiger partial charge >= 0.3 is 0 Å². The number of aryl methyl sites for hydroxylation is 1. The standard InChI is InChI=1S/C18H20N2O3S/c1-3-14-7-4-5-10-17(14)19-18(21)12-24-13(2)15-8-6-9-16(11-15)20(22)23/h4-11,13H,3,12H2,1-2H3,(H,19,21)/t13-/m1/s1. The van der Waals surface area contributed by atoms with Crippen LogP contribution < -0.4 is 5.32 Å². The molecule has 0 saturated carbocycles. The molecule has 2 aromatic carbocycles. The number of non-ortho nitro benzene ring substituents is 1. The SMILES string of the molecule is CCc1ccccc1NC(=O)CS[C@H](C)c1cccc([N+](=O)[O-])c1. The van der Waals surface area contributed by atoms with Crippen LogP contribution in [0.25, 0.3) is 0 Å². The number of nitrogens with one attached hydrogen (secondary N) is 1. The lowest BCUT2D eigenvalue weighted by atomic mass is 10.1. The number of thioether (sulfide) groups is 1. The molecule has 24 heavy (non-hydrogen) atoms. The van der Waals surface area contributed by atoms with E-state index in [1.807, 2.05) is 44.2 Å². The Hall–Kier alpha value is -2.34. The number of nitrogens with zero attached hydrogens (tertiary/aromatic N) is 1. The summed E-state index contributed by atoms with van der Waals surface area (Å²) in [6.45, 7) is 3.99. The molecule has 0 bridgehead atoms. The second kappa shape index (κ2) is 8.49. The van der Waals surface area contributed by atoms with E-state index in [1.54, 1.807) is 12.1 Å². The van der Waals surface area contributed by atoms with Crippen molar-refractivity contribution in [2.24, 2.45) is 0 Å². The van der Waals surface area contributed by atoms with E-state index in [0.29, 0.717) is 5.75 Å². The van der Waals surface area contributed by atoms with Crippen molar-refractivity contribution < 1.29 is 9.72 Å². The first-order chi connectivity index (χ1) is 11.5. The molecular weight excluding hydrogens is 324 g/mol. The summed E-state index contributed by atoms with van der Waals surface area (Å²) in [5.74, 6) is 0.222. The van der Waals surface area contributed by atoms with E-state index in [0.717, 1.165) is 23.2 Å². The number of carbonyl (C=O) groups excluding carboxylic acids is 1. The van der Waals surface area contributed by atoms with Gasteiger partial charge in [-0.05, 0) is 30.5 Å². The van der Waals surface area contributed by atoms with Gasteiger partial charge in [0.25, 0.3) is 5.69 Å². The Bertz CT molecular complexity index is 734. The van der Waals surface area contributed by atoms with Crippen LogP contribution >= 0.6 is 11.8 Å². The van der Waals surface area contributed by atoms with E-state index < -0.39 is 4.92 Å². The van der Waals surface area contributed by atoms with Gasteiger partial charge in [-0.25, -0.2) is 0 Å². The van der Waals surface area contributed by atoms with Gasteiger partial charge in [-0.1, -0.05) is 37.3 Å². The van der Waals surface area contributed by atoms with Gasteiger partial charge in [0.15, 0.2) is 0 Å². The molecule has 5 nitrogen and oxygen atoms in total. The third-order valence-corrected chi connectivity index (χ3v) is 4.89. The largest absolute Gasteiger partial charge is 0.325 e. The van der Waals surface area contributed by atoms with Crippen molar-refractivity contribution >= 4 is 29.0 Å². The molecule has 2 rings (SSSR count). The number of anilines is 1. The molecule has 2 aromatic rings. The molecule has 1 amide bonds. The van der Waals surface area contributed by atoms with Crippen molar-refractivity contribution in [2.45, 2.75) is 25.5 Å². The number of benzene rings is 2. The lowest BCUT2D eigenvalue weighted by Gasteiger charge is -2.13. The summed E-state index contributed by atoms with van der Waals surface area (Å²) in [6, 6.07) is 14.3. The predicted molar refractivity (Wildman–Crippen MR) is 98.4 cm³/mol. The Balaban J connectivity index is 1.94. The monoisotopic (exact) mass is 344 g/mol. The number of nitro groups is 1. The summed E-state index contributed by atoms with van der Waals surface area (Å²) in [5, 5.41) is 13.8. The third-order valence-electron chi connectivity index (χ3n) is 3.69. The van der Waals surface area contributed by atoms with Crippen LogP contribution in [0.4, 0.5) is 11.4 Å². The highest BCUT2D eigenvalue weighted by molar-refractivity contribution is 8.00. The van der Waals surface area contributed by atoms with Gasteiger partial charge < -0.3 is 5.32 Å². The number of rotatable bonds is 7. The number of para-hydroxylation sites is 1. The highest BCUT2D eigenvalue weighted by Crippen LogP contribution is 2.30. The topological polar surface area (TPSA) is 72.2 Å². The van der Waals surface area contributed by atoms with E-state index in [4.69, 9.17) is 0 Å². The summed E-state index contributed by atoms with van der Waals surface area (Å²) in [4.78, 5) is 22.6. The maximum absolute atomic E-state index is 12.2. The summed E-state index contributed by atoms with van der Waals surface area (Å²) < 4.78 is 0. The Morgan fingerprint density at radius 2 is 2.00 bits per heavy atom. The van der Waals surface area contributed by atoms with Gasteiger partial charge in [-0.15, -0.1) is 11.8 Å². The Kier molecular flexibility index (Phi) is 6.37. The van der Waals surface area contributed by atoms with Gasteiger partial charge in [-0.2, -0.15) is 0 Å². The molecule has 0 aromatic heterocycles. The van der Waals surface area contributed by atoms with Crippen LogP contribution in [0.15, 0.2) is 48.5 Å². The van der Waals surface area contributed by atoms with Crippen LogP contribution in [0.2, 0.25) is 0 Å². The molecular formula is C18H20N2O3S. The van der Waals surface area contributed by atoms with Gasteiger partial charge in [0, 0.05) is 23.1 Å². The summed E-state index contributed by atoms with van der Waals surface area (Å²) in [7, 11) is 0. The lowest BCUT2D eigenvalue weighted by molar-refractivity contribution is -0.384. The molecule has 0 fully saturated rings. The van der Waals surface area contributed by atoms with E-state index >= 15 is 0 Å². The second-order valence-corrected chi connectivity index (χ2v) is 6.69. The summed E-state index contributed by atoms with van der Waals surface area (Å²) >= 11 is 1.46. The zero-order valence-electron chi connectivity index (χ0n) is 13.7. The normalized spacial score (nSPS) is 11.8. The minimum atomic E-state index is -0.407. The maximum atomic E-state index is 12.2. The first kappa shape index (κ1) is 18.0. The molecule has 0 heterocycles. The summed E-state index contributed by atoms with van der Waals surface area (Å²) in [6.07, 6.45) is 0.855. The zero-order chi connectivity index (χ0) is 17.5. The second-order valence-electron chi connectivity index (χ2n) is 5.36. The number of amides is 1. The minimum Gasteiger partial charge on any atom is -0.325 e. The van der Waals surface area contributed by atoms with Crippen molar-refractivity contribution in [3.05, 3.63) is 69.8 Å². The number of hydrogen-bond acceptors (Lipinski definition) is 4. The number of hydrogen-bond donors (Lipinski definition) is 1. The van der Waals surface area contributed by atoms with E-state index in [-0.39, 0.29) is 16.8 Å². The van der Waals surface area contributed by atoms with Crippen LogP contribution in [-0.2, 0) is 11.2 Å². The first-order valence-electron chi connectivity index (χ1n) is 7.75. The molecule has 0 unspecified atom stereocenters. The van der Waals surface area contributed by atoms with Gasteiger partial charge in [0.1, 0.15) is 0 Å². The van der Waals surface area contributed by atoms with E-state index in [1.165, 1.54) is 17.8 Å². The quantitative estimate of drug-likeness (QED) is 0.589. The Morgan fingerprint density at radius 3 is 2.71 bits per heavy atom. The fourth-order valence-electron chi connectivity index (χ4n) is 2.32. The van der Waals surface area contributed by atoms with Crippen LogP contribution in [0.3, 0.4) is 0 Å². The number of carbonyl (C=O) groups is 1. The van der Waals surface area contributed by atoms with E-state index in [9.17, 15) is 14.9 Å². The molecule has 0 saturated heterocycles. The van der Waals surface area contributed by atoms with Crippen molar-refractivity contribution in [3.8, 4) is 0 Å². The van der Waals surface area contributed by atoms with Crippen molar-refractivity contribution in [2.75, 3.05) is 11.1 Å². The molecule has 6 heteroatoms. The smallest absolute Gasteiger partial charge is 0.269 e. The maximum Gasteiger partial charge on any atom is 0.269 e. The lowest BCUT2D eigenvalue weighted by Crippen LogP contribution is -2.15. The molecule has 0 radical (unpaired) electrons. The molecule has 126 valence electrons. The average molecular weight is 344 g/mol. The molecule has 0 spiro atoms. The van der Waals surface area contributed by atoms with Gasteiger partial charge in [0.2, 0.25) is 5.91 Å². The first-order valence-corrected chi connectivity index (χ1v) is 8.79. The molecule has 1 atom stereocenters. The average Bonchev–Trinajstić information content (AvgIpc) is 2.60. The van der Waals surface area contributed by atoms with Crippen LogP contribution in [0, 0.1) is 10.1 Å². The van der Waals surface area contributed by atoms with E-state index in [2.05, 4.69) is 5.32 Å². The van der Waals surface area contributed by atoms with Crippen molar-refractivity contribution in [3.63, 3.8) is 0 Å². The van der Waals surface area contributed by atoms with Gasteiger partial charge in [-0.3, -0.25) is 14.9 Å². The molecule has 0 aliphatic carbocycles. The highest BCUT2D eigenvalue weighted by Gasteiger charge is 2.13. The fraction of sp³-hybridized carbons (Fsp3) is 0.278. The zero-order valence-corrected chi connectivity index (χ0v) is 14.5. The van der Waals surface area contributed by atoms with Crippen molar-refractivity contribution in [1.82, 2.24) is 0 Å². The number of nitro benzene ring substituents is 1. The van der Waals surface area contributed by atoms with Crippen molar-refractivity contribution in [1.29, 1.82) is 0 Å². The Morgan fingerprint density at radius 1 is 1.25 bits per heavy atom. The van der Waals surface area contributed by atoms with Crippen LogP contribution in [0.5, 0.6) is 0 Å². The van der Waals surface area contributed by atoms with Crippen LogP contribution in [-0.4, -0.2) is 16.6 Å². The molecule has 0 aliphatic rings. The fourth-order valence-corrected chi connectivity index (χ4v) is 3.14. The molecule has 0 aliphatic heterocycles. The van der Waals surface area contributed by atoms with Crippen LogP contribution in [0.1, 0.15) is 30.2 Å². The Labute approximate surface area is 145 Å². The third kappa shape index (κ3) is 4.83. The van der Waals surface area contributed by atoms with Gasteiger partial charge in [0.05, 0.1) is 10.7 Å². The predicted octanol–water partition coefficient (Wildman–Crippen LogP) is 4.59. The summed E-state index contributed by atoms with van der Waals surface area (Å²) in [5.41, 5.74) is 2.86.